The number of rotatable bonds is 12. The minimum absolute atomic E-state index is 0.0580. The van der Waals surface area contributed by atoms with E-state index in [9.17, 15) is 9.59 Å². The van der Waals surface area contributed by atoms with Gasteiger partial charge in [0.15, 0.2) is 5.78 Å². The normalized spacial score (nSPS) is 10.4. The van der Waals surface area contributed by atoms with Crippen LogP contribution < -0.4 is 9.47 Å². The van der Waals surface area contributed by atoms with Crippen molar-refractivity contribution in [2.45, 2.75) is 53.1 Å². The molecule has 156 valence electrons. The third kappa shape index (κ3) is 6.93. The van der Waals surface area contributed by atoms with Gasteiger partial charge in [-0.25, -0.2) is 0 Å². The average molecular weight is 398 g/mol. The summed E-state index contributed by atoms with van der Waals surface area (Å²) in [5.74, 6) is 0.990. The highest BCUT2D eigenvalue weighted by molar-refractivity contribution is 5.97. The number of Topliss-reactive ketones (excluding diaryl/α,β-unsaturated/α-hetero) is 1. The van der Waals surface area contributed by atoms with Crippen molar-refractivity contribution in [3.63, 3.8) is 0 Å². The number of benzene rings is 2. The van der Waals surface area contributed by atoms with Crippen LogP contribution in [0.25, 0.3) is 0 Å². The number of ketones is 1. The maximum Gasteiger partial charge on any atom is 0.305 e. The first kappa shape index (κ1) is 22.5. The van der Waals surface area contributed by atoms with Gasteiger partial charge in [-0.3, -0.25) is 9.59 Å². The quantitative estimate of drug-likeness (QED) is 0.281. The summed E-state index contributed by atoms with van der Waals surface area (Å²) in [4.78, 5) is 23.7. The predicted octanol–water partition coefficient (Wildman–Crippen LogP) is 5.14. The van der Waals surface area contributed by atoms with Crippen LogP contribution in [0.1, 0.15) is 61.5 Å². The number of carbonyl (C=O) groups excluding carboxylic acids is 2. The molecule has 29 heavy (non-hydrogen) atoms. The molecule has 0 unspecified atom stereocenters. The van der Waals surface area contributed by atoms with Gasteiger partial charge < -0.3 is 14.2 Å². The molecular formula is C24H30O5. The molecule has 0 N–H and O–H groups in total. The third-order valence-electron chi connectivity index (χ3n) is 4.41. The van der Waals surface area contributed by atoms with Gasteiger partial charge in [-0.2, -0.15) is 0 Å². The number of hydrogen-bond donors (Lipinski definition) is 0. The minimum atomic E-state index is -0.239. The Morgan fingerprint density at radius 1 is 0.966 bits per heavy atom. The second kappa shape index (κ2) is 11.9. The van der Waals surface area contributed by atoms with E-state index in [1.165, 1.54) is 6.92 Å². The molecule has 0 amide bonds. The number of carbonyl (C=O) groups is 2. The van der Waals surface area contributed by atoms with Crippen LogP contribution in [0.5, 0.6) is 11.5 Å². The molecule has 0 bridgehead atoms. The zero-order valence-electron chi connectivity index (χ0n) is 17.5. The van der Waals surface area contributed by atoms with Crippen LogP contribution in [0.3, 0.4) is 0 Å². The molecule has 2 aromatic rings. The van der Waals surface area contributed by atoms with Gasteiger partial charge in [-0.05, 0) is 44.4 Å². The van der Waals surface area contributed by atoms with Crippen LogP contribution >= 0.6 is 0 Å². The Kier molecular flexibility index (Phi) is 9.22. The molecule has 0 aliphatic rings. The SMILES string of the molecule is CCCc1c(OCc2ccccc2)ccc(C(C)=O)c1OCCCC(=O)OCC. The van der Waals surface area contributed by atoms with Gasteiger partial charge >= 0.3 is 5.97 Å². The van der Waals surface area contributed by atoms with E-state index in [1.807, 2.05) is 36.4 Å². The Morgan fingerprint density at radius 3 is 2.38 bits per heavy atom. The van der Waals surface area contributed by atoms with Gasteiger partial charge in [-0.1, -0.05) is 43.7 Å². The van der Waals surface area contributed by atoms with Crippen molar-refractivity contribution in [3.05, 3.63) is 59.2 Å². The van der Waals surface area contributed by atoms with Gasteiger partial charge in [0.1, 0.15) is 18.1 Å². The van der Waals surface area contributed by atoms with Crippen LogP contribution in [-0.4, -0.2) is 25.0 Å². The van der Waals surface area contributed by atoms with Crippen molar-refractivity contribution in [1.82, 2.24) is 0 Å². The van der Waals surface area contributed by atoms with Crippen LogP contribution in [0.2, 0.25) is 0 Å². The molecule has 2 rings (SSSR count). The Balaban J connectivity index is 2.18. The molecule has 0 saturated carbocycles. The first-order chi connectivity index (χ1) is 14.1. The minimum Gasteiger partial charge on any atom is -0.492 e. The lowest BCUT2D eigenvalue weighted by atomic mass is 10.0. The van der Waals surface area contributed by atoms with Crippen LogP contribution in [-0.2, 0) is 22.6 Å². The molecule has 0 heterocycles. The fourth-order valence-corrected chi connectivity index (χ4v) is 3.03. The molecule has 0 aliphatic carbocycles. The topological polar surface area (TPSA) is 61.8 Å². The van der Waals surface area contributed by atoms with Crippen LogP contribution in [0.4, 0.5) is 0 Å². The third-order valence-corrected chi connectivity index (χ3v) is 4.41. The lowest BCUT2D eigenvalue weighted by molar-refractivity contribution is -0.143. The summed E-state index contributed by atoms with van der Waals surface area (Å²) >= 11 is 0. The maximum atomic E-state index is 12.1. The smallest absolute Gasteiger partial charge is 0.305 e. The predicted molar refractivity (Wildman–Crippen MR) is 113 cm³/mol. The van der Waals surface area contributed by atoms with Crippen molar-refractivity contribution >= 4 is 11.8 Å². The summed E-state index contributed by atoms with van der Waals surface area (Å²) in [5, 5.41) is 0. The van der Waals surface area contributed by atoms with E-state index in [0.29, 0.717) is 37.6 Å². The lowest BCUT2D eigenvalue weighted by Gasteiger charge is -2.19. The zero-order valence-corrected chi connectivity index (χ0v) is 17.5. The van der Waals surface area contributed by atoms with Crippen LogP contribution in [0, 0.1) is 0 Å². The molecule has 0 atom stereocenters. The molecule has 0 aliphatic heterocycles. The van der Waals surface area contributed by atoms with Gasteiger partial charge in [0.05, 0.1) is 18.8 Å². The van der Waals surface area contributed by atoms with Crippen molar-refractivity contribution in [2.24, 2.45) is 0 Å². The lowest BCUT2D eigenvalue weighted by Crippen LogP contribution is -2.10. The summed E-state index contributed by atoms with van der Waals surface area (Å²) in [6.07, 6.45) is 2.44. The molecule has 0 aromatic heterocycles. The molecule has 5 nitrogen and oxygen atoms in total. The summed E-state index contributed by atoms with van der Waals surface area (Å²) in [6.45, 7) is 6.53. The monoisotopic (exact) mass is 398 g/mol. The van der Waals surface area contributed by atoms with E-state index in [-0.39, 0.29) is 18.2 Å². The highest BCUT2D eigenvalue weighted by Crippen LogP contribution is 2.34. The summed E-state index contributed by atoms with van der Waals surface area (Å²) in [6, 6.07) is 13.5. The Morgan fingerprint density at radius 2 is 1.72 bits per heavy atom. The van der Waals surface area contributed by atoms with Gasteiger partial charge in [-0.15, -0.1) is 0 Å². The van der Waals surface area contributed by atoms with Crippen LogP contribution in [0.15, 0.2) is 42.5 Å². The first-order valence-electron chi connectivity index (χ1n) is 10.2. The fourth-order valence-electron chi connectivity index (χ4n) is 3.03. The Hall–Kier alpha value is -2.82. The van der Waals surface area contributed by atoms with Gasteiger partial charge in [0.2, 0.25) is 0 Å². The van der Waals surface area contributed by atoms with E-state index in [2.05, 4.69) is 6.92 Å². The zero-order chi connectivity index (χ0) is 21.1. The second-order valence-electron chi connectivity index (χ2n) is 6.76. The second-order valence-corrected chi connectivity index (χ2v) is 6.76. The van der Waals surface area contributed by atoms with Crippen molar-refractivity contribution < 1.29 is 23.8 Å². The van der Waals surface area contributed by atoms with E-state index >= 15 is 0 Å². The molecule has 5 heteroatoms. The number of esters is 1. The maximum absolute atomic E-state index is 12.1. The number of ether oxygens (including phenoxy) is 3. The molecule has 0 fully saturated rings. The largest absolute Gasteiger partial charge is 0.492 e. The average Bonchev–Trinajstić information content (AvgIpc) is 2.71. The summed E-state index contributed by atoms with van der Waals surface area (Å²) < 4.78 is 17.0. The molecular weight excluding hydrogens is 368 g/mol. The Bertz CT molecular complexity index is 798. The van der Waals surface area contributed by atoms with Crippen molar-refractivity contribution in [3.8, 4) is 11.5 Å². The van der Waals surface area contributed by atoms with Crippen molar-refractivity contribution in [1.29, 1.82) is 0 Å². The summed E-state index contributed by atoms with van der Waals surface area (Å²) in [5.41, 5.74) is 2.51. The summed E-state index contributed by atoms with van der Waals surface area (Å²) in [7, 11) is 0. The molecule has 0 spiro atoms. The fraction of sp³-hybridized carbons (Fsp3) is 0.417. The van der Waals surface area contributed by atoms with E-state index in [1.54, 1.807) is 13.0 Å². The van der Waals surface area contributed by atoms with Gasteiger partial charge in [0, 0.05) is 12.0 Å². The molecule has 0 saturated heterocycles. The number of hydrogen-bond acceptors (Lipinski definition) is 5. The first-order valence-corrected chi connectivity index (χ1v) is 10.2. The van der Waals surface area contributed by atoms with E-state index in [4.69, 9.17) is 14.2 Å². The molecule has 0 radical (unpaired) electrons. The van der Waals surface area contributed by atoms with Crippen molar-refractivity contribution in [2.75, 3.05) is 13.2 Å². The standard InChI is InChI=1S/C24H30O5/c1-4-10-21-22(29-17-19-11-7-6-8-12-19)15-14-20(18(3)25)24(21)28-16-9-13-23(26)27-5-2/h6-8,11-12,14-15H,4-5,9-10,13,16-17H2,1-3H3. The van der Waals surface area contributed by atoms with E-state index in [0.717, 1.165) is 29.7 Å². The van der Waals surface area contributed by atoms with Gasteiger partial charge in [0.25, 0.3) is 0 Å². The van der Waals surface area contributed by atoms with E-state index < -0.39 is 0 Å². The molecule has 2 aromatic carbocycles. The highest BCUT2D eigenvalue weighted by atomic mass is 16.5. The highest BCUT2D eigenvalue weighted by Gasteiger charge is 2.18. The Labute approximate surface area is 173 Å².